The van der Waals surface area contributed by atoms with Crippen LogP contribution < -0.4 is 0 Å². The largest absolute Gasteiger partial charge is 0.336 e. The molecule has 0 unspecified atom stereocenters. The molecule has 0 saturated heterocycles. The molecule has 1 aliphatic rings. The highest BCUT2D eigenvalue weighted by Crippen LogP contribution is 2.24. The molecule has 2 nitrogen and oxygen atoms in total. The SMILES string of the molecule is C=C(C)C(=O)N(CCCC)C1CCCCC1. The van der Waals surface area contributed by atoms with Crippen LogP contribution in [0, 0.1) is 0 Å². The van der Waals surface area contributed by atoms with E-state index in [0.29, 0.717) is 11.6 Å². The molecule has 0 aromatic rings. The van der Waals surface area contributed by atoms with Crippen LogP contribution in [-0.2, 0) is 4.79 Å². The smallest absolute Gasteiger partial charge is 0.249 e. The van der Waals surface area contributed by atoms with E-state index in [1.54, 1.807) is 0 Å². The first-order valence-electron chi connectivity index (χ1n) is 6.63. The maximum Gasteiger partial charge on any atom is 0.249 e. The van der Waals surface area contributed by atoms with Crippen molar-refractivity contribution in [3.63, 3.8) is 0 Å². The molecule has 0 atom stereocenters. The van der Waals surface area contributed by atoms with Gasteiger partial charge in [0, 0.05) is 18.2 Å². The number of carbonyl (C=O) groups is 1. The zero-order valence-corrected chi connectivity index (χ0v) is 10.8. The summed E-state index contributed by atoms with van der Waals surface area (Å²) in [5.74, 6) is 0.167. The van der Waals surface area contributed by atoms with Gasteiger partial charge < -0.3 is 4.90 Å². The van der Waals surface area contributed by atoms with Crippen molar-refractivity contribution in [2.75, 3.05) is 6.54 Å². The molecule has 0 N–H and O–H groups in total. The van der Waals surface area contributed by atoms with Crippen LogP contribution in [0.3, 0.4) is 0 Å². The van der Waals surface area contributed by atoms with Gasteiger partial charge in [-0.1, -0.05) is 39.2 Å². The van der Waals surface area contributed by atoms with E-state index in [-0.39, 0.29) is 5.91 Å². The zero-order valence-electron chi connectivity index (χ0n) is 10.8. The fourth-order valence-corrected chi connectivity index (χ4v) is 2.42. The number of hydrogen-bond acceptors (Lipinski definition) is 1. The molecule has 16 heavy (non-hydrogen) atoms. The summed E-state index contributed by atoms with van der Waals surface area (Å²) in [4.78, 5) is 14.1. The van der Waals surface area contributed by atoms with Gasteiger partial charge in [0.25, 0.3) is 0 Å². The molecule has 0 aromatic heterocycles. The summed E-state index contributed by atoms with van der Waals surface area (Å²) in [6.07, 6.45) is 8.50. The molecule has 92 valence electrons. The van der Waals surface area contributed by atoms with E-state index in [2.05, 4.69) is 18.4 Å². The third-order valence-electron chi connectivity index (χ3n) is 3.39. The first kappa shape index (κ1) is 13.3. The molecule has 0 aromatic carbocycles. The summed E-state index contributed by atoms with van der Waals surface area (Å²) in [5.41, 5.74) is 0.682. The second-order valence-corrected chi connectivity index (χ2v) is 4.92. The summed E-state index contributed by atoms with van der Waals surface area (Å²) in [7, 11) is 0. The van der Waals surface area contributed by atoms with Crippen LogP contribution in [0.5, 0.6) is 0 Å². The van der Waals surface area contributed by atoms with E-state index < -0.39 is 0 Å². The summed E-state index contributed by atoms with van der Waals surface area (Å²) >= 11 is 0. The van der Waals surface area contributed by atoms with Crippen molar-refractivity contribution in [3.05, 3.63) is 12.2 Å². The highest BCUT2D eigenvalue weighted by molar-refractivity contribution is 5.92. The quantitative estimate of drug-likeness (QED) is 0.653. The van der Waals surface area contributed by atoms with Crippen LogP contribution in [0.25, 0.3) is 0 Å². The van der Waals surface area contributed by atoms with Gasteiger partial charge in [0.05, 0.1) is 0 Å². The number of rotatable bonds is 5. The van der Waals surface area contributed by atoms with E-state index in [1.807, 2.05) is 6.92 Å². The number of nitrogens with zero attached hydrogens (tertiary/aromatic N) is 1. The van der Waals surface area contributed by atoms with Crippen molar-refractivity contribution in [2.24, 2.45) is 0 Å². The van der Waals surface area contributed by atoms with E-state index in [1.165, 1.54) is 32.1 Å². The van der Waals surface area contributed by atoms with E-state index in [0.717, 1.165) is 19.4 Å². The number of hydrogen-bond donors (Lipinski definition) is 0. The molecule has 0 radical (unpaired) electrons. The second-order valence-electron chi connectivity index (χ2n) is 4.92. The Bertz CT molecular complexity index is 241. The van der Waals surface area contributed by atoms with Crippen molar-refractivity contribution in [2.45, 2.75) is 64.8 Å². The average molecular weight is 223 g/mol. The first-order chi connectivity index (χ1) is 7.66. The van der Waals surface area contributed by atoms with E-state index in [9.17, 15) is 4.79 Å². The van der Waals surface area contributed by atoms with Crippen LogP contribution in [0.4, 0.5) is 0 Å². The first-order valence-corrected chi connectivity index (χ1v) is 6.63. The predicted molar refractivity (Wildman–Crippen MR) is 68.3 cm³/mol. The Morgan fingerprint density at radius 2 is 1.94 bits per heavy atom. The van der Waals surface area contributed by atoms with Crippen molar-refractivity contribution >= 4 is 5.91 Å². The normalized spacial score (nSPS) is 17.1. The Labute approximate surface area is 99.7 Å². The van der Waals surface area contributed by atoms with Gasteiger partial charge in [0.2, 0.25) is 5.91 Å². The topological polar surface area (TPSA) is 20.3 Å². The maximum absolute atomic E-state index is 12.1. The lowest BCUT2D eigenvalue weighted by Crippen LogP contribution is -2.42. The predicted octanol–water partition coefficient (Wildman–Crippen LogP) is 3.52. The highest BCUT2D eigenvalue weighted by atomic mass is 16.2. The second kappa shape index (κ2) is 6.72. The van der Waals surface area contributed by atoms with Gasteiger partial charge >= 0.3 is 0 Å². The lowest BCUT2D eigenvalue weighted by atomic mass is 9.93. The van der Waals surface area contributed by atoms with Crippen LogP contribution in [0.1, 0.15) is 58.8 Å². The minimum absolute atomic E-state index is 0.167. The van der Waals surface area contributed by atoms with Gasteiger partial charge in [-0.3, -0.25) is 4.79 Å². The van der Waals surface area contributed by atoms with Gasteiger partial charge in [0.1, 0.15) is 0 Å². The lowest BCUT2D eigenvalue weighted by Gasteiger charge is -2.34. The van der Waals surface area contributed by atoms with Crippen molar-refractivity contribution in [1.82, 2.24) is 4.90 Å². The van der Waals surface area contributed by atoms with Crippen molar-refractivity contribution in [3.8, 4) is 0 Å². The summed E-state index contributed by atoms with van der Waals surface area (Å²) < 4.78 is 0. The zero-order chi connectivity index (χ0) is 12.0. The van der Waals surface area contributed by atoms with Gasteiger partial charge in [-0.05, 0) is 26.2 Å². The van der Waals surface area contributed by atoms with Gasteiger partial charge in [-0.2, -0.15) is 0 Å². The molecule has 0 aliphatic heterocycles. The Balaban J connectivity index is 2.61. The molecule has 1 rings (SSSR count). The highest BCUT2D eigenvalue weighted by Gasteiger charge is 2.24. The summed E-state index contributed by atoms with van der Waals surface area (Å²) in [6, 6.07) is 0.476. The molecule has 1 fully saturated rings. The maximum atomic E-state index is 12.1. The molecular formula is C14H25NO. The molecule has 1 aliphatic carbocycles. The standard InChI is InChI=1S/C14H25NO/c1-4-5-11-15(14(16)12(2)3)13-9-7-6-8-10-13/h13H,2,4-11H2,1,3H3. The molecule has 0 heterocycles. The van der Waals surface area contributed by atoms with Crippen molar-refractivity contribution in [1.29, 1.82) is 0 Å². The van der Waals surface area contributed by atoms with Gasteiger partial charge in [-0.15, -0.1) is 0 Å². The minimum atomic E-state index is 0.167. The monoisotopic (exact) mass is 223 g/mol. The Morgan fingerprint density at radius 1 is 1.31 bits per heavy atom. The van der Waals surface area contributed by atoms with Gasteiger partial charge in [0.15, 0.2) is 0 Å². The number of unbranched alkanes of at least 4 members (excludes halogenated alkanes) is 1. The molecule has 0 bridgehead atoms. The number of amides is 1. The van der Waals surface area contributed by atoms with Crippen molar-refractivity contribution < 1.29 is 4.79 Å². The van der Waals surface area contributed by atoms with Gasteiger partial charge in [-0.25, -0.2) is 0 Å². The Hall–Kier alpha value is -0.790. The van der Waals surface area contributed by atoms with Crippen LogP contribution in [0.15, 0.2) is 12.2 Å². The van der Waals surface area contributed by atoms with Crippen LogP contribution in [0.2, 0.25) is 0 Å². The van der Waals surface area contributed by atoms with E-state index in [4.69, 9.17) is 0 Å². The Kier molecular flexibility index (Phi) is 5.58. The minimum Gasteiger partial charge on any atom is -0.336 e. The average Bonchev–Trinajstić information content (AvgIpc) is 2.30. The lowest BCUT2D eigenvalue weighted by molar-refractivity contribution is -0.130. The third kappa shape index (κ3) is 3.66. The molecule has 0 spiro atoms. The van der Waals surface area contributed by atoms with Crippen LogP contribution in [-0.4, -0.2) is 23.4 Å². The third-order valence-corrected chi connectivity index (χ3v) is 3.39. The molecule has 1 saturated carbocycles. The molecule has 1 amide bonds. The van der Waals surface area contributed by atoms with Crippen LogP contribution >= 0.6 is 0 Å². The summed E-state index contributed by atoms with van der Waals surface area (Å²) in [5, 5.41) is 0. The van der Waals surface area contributed by atoms with E-state index >= 15 is 0 Å². The fraction of sp³-hybridized carbons (Fsp3) is 0.786. The molecular weight excluding hydrogens is 198 g/mol. The number of carbonyl (C=O) groups excluding carboxylic acids is 1. The summed E-state index contributed by atoms with van der Waals surface area (Å²) in [6.45, 7) is 8.69. The molecule has 2 heteroatoms. The Morgan fingerprint density at radius 3 is 2.44 bits per heavy atom. The fourth-order valence-electron chi connectivity index (χ4n) is 2.42.